The molecule has 1 amide bonds. The fourth-order valence-corrected chi connectivity index (χ4v) is 3.01. The van der Waals surface area contributed by atoms with E-state index in [1.165, 1.54) is 0 Å². The normalized spacial score (nSPS) is 10.5. The molecule has 0 bridgehead atoms. The number of amides is 1. The summed E-state index contributed by atoms with van der Waals surface area (Å²) >= 11 is 1.70. The van der Waals surface area contributed by atoms with E-state index >= 15 is 0 Å². The fourth-order valence-electron chi connectivity index (χ4n) is 2.16. The molecule has 0 spiro atoms. The number of thioether (sulfide) groups is 1. The lowest BCUT2D eigenvalue weighted by molar-refractivity contribution is -0.116. The lowest BCUT2D eigenvalue weighted by Gasteiger charge is -2.03. The summed E-state index contributed by atoms with van der Waals surface area (Å²) in [6.45, 7) is 0. The van der Waals surface area contributed by atoms with Crippen LogP contribution >= 0.6 is 11.8 Å². The highest BCUT2D eigenvalue weighted by Crippen LogP contribution is 2.22. The number of ether oxygens (including phenoxy) is 1. The molecule has 2 heterocycles. The van der Waals surface area contributed by atoms with Crippen molar-refractivity contribution in [1.82, 2.24) is 15.2 Å². The first kappa shape index (κ1) is 17.9. The van der Waals surface area contributed by atoms with Crippen molar-refractivity contribution in [2.45, 2.75) is 17.7 Å². The molecular formula is C18H18N4O3S. The van der Waals surface area contributed by atoms with E-state index in [0.717, 1.165) is 28.4 Å². The van der Waals surface area contributed by atoms with Crippen LogP contribution in [0.15, 0.2) is 58.1 Å². The third-order valence-electron chi connectivity index (χ3n) is 3.47. The van der Waals surface area contributed by atoms with E-state index in [1.54, 1.807) is 43.4 Å². The number of carbonyl (C=O) groups is 1. The second-order valence-corrected chi connectivity index (χ2v) is 6.49. The van der Waals surface area contributed by atoms with Gasteiger partial charge in [0.05, 0.1) is 7.11 Å². The number of hydrogen-bond donors (Lipinski definition) is 1. The Bertz CT molecular complexity index is 837. The number of benzene rings is 1. The average molecular weight is 370 g/mol. The van der Waals surface area contributed by atoms with E-state index in [1.807, 2.05) is 24.3 Å². The van der Waals surface area contributed by atoms with Gasteiger partial charge < -0.3 is 9.15 Å². The Hall–Kier alpha value is -2.87. The SMILES string of the molecule is COc1ccc(SCCCC(=O)Nc2nnc(-c3ccncc3)o2)cc1. The highest BCUT2D eigenvalue weighted by molar-refractivity contribution is 7.99. The molecule has 0 saturated heterocycles. The number of hydrogen-bond acceptors (Lipinski definition) is 7. The van der Waals surface area contributed by atoms with Gasteiger partial charge in [0.25, 0.3) is 0 Å². The van der Waals surface area contributed by atoms with Gasteiger partial charge in [-0.15, -0.1) is 16.9 Å². The zero-order valence-electron chi connectivity index (χ0n) is 14.2. The largest absolute Gasteiger partial charge is 0.497 e. The number of methoxy groups -OCH3 is 1. The van der Waals surface area contributed by atoms with Crippen molar-refractivity contribution in [3.05, 3.63) is 48.8 Å². The van der Waals surface area contributed by atoms with E-state index in [2.05, 4.69) is 20.5 Å². The van der Waals surface area contributed by atoms with Crippen molar-refractivity contribution in [3.8, 4) is 17.2 Å². The summed E-state index contributed by atoms with van der Waals surface area (Å²) in [6.07, 6.45) is 4.40. The summed E-state index contributed by atoms with van der Waals surface area (Å²) in [7, 11) is 1.64. The Kier molecular flexibility index (Phi) is 6.21. The van der Waals surface area contributed by atoms with Gasteiger partial charge in [0.2, 0.25) is 11.8 Å². The van der Waals surface area contributed by atoms with Gasteiger partial charge in [-0.2, -0.15) is 0 Å². The number of pyridine rings is 1. The Morgan fingerprint density at radius 1 is 1.15 bits per heavy atom. The summed E-state index contributed by atoms with van der Waals surface area (Å²) in [6, 6.07) is 11.5. The van der Waals surface area contributed by atoms with E-state index in [9.17, 15) is 4.79 Å². The van der Waals surface area contributed by atoms with Crippen LogP contribution in [0.2, 0.25) is 0 Å². The third kappa shape index (κ3) is 5.06. The van der Waals surface area contributed by atoms with Crippen LogP contribution in [0.1, 0.15) is 12.8 Å². The van der Waals surface area contributed by atoms with Gasteiger partial charge in [0, 0.05) is 29.3 Å². The summed E-state index contributed by atoms with van der Waals surface area (Å²) < 4.78 is 10.6. The molecule has 0 aliphatic heterocycles. The zero-order chi connectivity index (χ0) is 18.2. The second kappa shape index (κ2) is 9.00. The number of nitrogens with zero attached hydrogens (tertiary/aromatic N) is 3. The van der Waals surface area contributed by atoms with Crippen LogP contribution in [0.3, 0.4) is 0 Å². The second-order valence-electron chi connectivity index (χ2n) is 5.32. The third-order valence-corrected chi connectivity index (χ3v) is 4.57. The number of nitrogens with one attached hydrogen (secondary N) is 1. The highest BCUT2D eigenvalue weighted by Gasteiger charge is 2.11. The van der Waals surface area contributed by atoms with Crippen molar-refractivity contribution in [1.29, 1.82) is 0 Å². The molecule has 1 aromatic carbocycles. The predicted molar refractivity (Wildman–Crippen MR) is 99.1 cm³/mol. The summed E-state index contributed by atoms with van der Waals surface area (Å²) in [4.78, 5) is 17.1. The molecular weight excluding hydrogens is 352 g/mol. The van der Waals surface area contributed by atoms with Crippen LogP contribution in [0.5, 0.6) is 5.75 Å². The Labute approximate surface area is 155 Å². The minimum absolute atomic E-state index is 0.101. The maximum absolute atomic E-state index is 12.0. The maximum atomic E-state index is 12.0. The predicted octanol–water partition coefficient (Wildman–Crippen LogP) is 3.65. The highest BCUT2D eigenvalue weighted by atomic mass is 32.2. The van der Waals surface area contributed by atoms with Gasteiger partial charge >= 0.3 is 6.01 Å². The van der Waals surface area contributed by atoms with Crippen molar-refractivity contribution in [2.24, 2.45) is 0 Å². The van der Waals surface area contributed by atoms with Crippen LogP contribution in [-0.2, 0) is 4.79 Å². The lowest BCUT2D eigenvalue weighted by Crippen LogP contribution is -2.11. The molecule has 1 N–H and O–H groups in total. The van der Waals surface area contributed by atoms with Gasteiger partial charge in [-0.05, 0) is 48.6 Å². The van der Waals surface area contributed by atoms with Gasteiger partial charge in [-0.1, -0.05) is 5.10 Å². The maximum Gasteiger partial charge on any atom is 0.322 e. The van der Waals surface area contributed by atoms with Crippen LogP contribution in [-0.4, -0.2) is 34.0 Å². The molecule has 134 valence electrons. The minimum atomic E-state index is -0.148. The zero-order valence-corrected chi connectivity index (χ0v) is 15.0. The molecule has 2 aromatic heterocycles. The molecule has 0 aliphatic carbocycles. The minimum Gasteiger partial charge on any atom is -0.497 e. The molecule has 0 atom stereocenters. The summed E-state index contributed by atoms with van der Waals surface area (Å²) in [5, 5.41) is 10.4. The molecule has 7 nitrogen and oxygen atoms in total. The molecule has 0 aliphatic rings. The fraction of sp³-hybridized carbons (Fsp3) is 0.222. The molecule has 3 rings (SSSR count). The standard InChI is InChI=1S/C18H18N4O3S/c1-24-14-4-6-15(7-5-14)26-12-2-3-16(23)20-18-22-21-17(25-18)13-8-10-19-11-9-13/h4-11H,2-3,12H2,1H3,(H,20,22,23). The number of carbonyl (C=O) groups excluding carboxylic acids is 1. The molecule has 0 unspecified atom stereocenters. The smallest absolute Gasteiger partial charge is 0.322 e. The van der Waals surface area contributed by atoms with Crippen LogP contribution < -0.4 is 10.1 Å². The molecule has 0 radical (unpaired) electrons. The molecule has 0 saturated carbocycles. The van der Waals surface area contributed by atoms with Crippen molar-refractivity contribution < 1.29 is 13.9 Å². The quantitative estimate of drug-likeness (QED) is 0.478. The van der Waals surface area contributed by atoms with Crippen LogP contribution in [0.25, 0.3) is 11.5 Å². The number of rotatable bonds is 8. The summed E-state index contributed by atoms with van der Waals surface area (Å²) in [5.41, 5.74) is 0.754. The Morgan fingerprint density at radius 2 is 1.92 bits per heavy atom. The first-order chi connectivity index (χ1) is 12.7. The van der Waals surface area contributed by atoms with Crippen LogP contribution in [0.4, 0.5) is 6.01 Å². The summed E-state index contributed by atoms with van der Waals surface area (Å²) in [5.74, 6) is 1.87. The van der Waals surface area contributed by atoms with Crippen molar-refractivity contribution >= 4 is 23.7 Å². The van der Waals surface area contributed by atoms with Gasteiger partial charge in [0.15, 0.2) is 0 Å². The Balaban J connectivity index is 1.41. The van der Waals surface area contributed by atoms with E-state index in [0.29, 0.717) is 12.3 Å². The average Bonchev–Trinajstić information content (AvgIpc) is 3.15. The van der Waals surface area contributed by atoms with Gasteiger partial charge in [-0.25, -0.2) is 0 Å². The molecule has 3 aromatic rings. The molecule has 26 heavy (non-hydrogen) atoms. The van der Waals surface area contributed by atoms with E-state index in [-0.39, 0.29) is 11.9 Å². The molecule has 0 fully saturated rings. The number of anilines is 1. The Morgan fingerprint density at radius 3 is 2.65 bits per heavy atom. The lowest BCUT2D eigenvalue weighted by atomic mass is 10.3. The first-order valence-corrected chi connectivity index (χ1v) is 9.04. The van der Waals surface area contributed by atoms with Crippen molar-refractivity contribution in [2.75, 3.05) is 18.2 Å². The van der Waals surface area contributed by atoms with Gasteiger partial charge in [0.1, 0.15) is 5.75 Å². The van der Waals surface area contributed by atoms with Gasteiger partial charge in [-0.3, -0.25) is 15.1 Å². The molecule has 8 heteroatoms. The monoisotopic (exact) mass is 370 g/mol. The van der Waals surface area contributed by atoms with E-state index < -0.39 is 0 Å². The van der Waals surface area contributed by atoms with E-state index in [4.69, 9.17) is 9.15 Å². The van der Waals surface area contributed by atoms with Crippen LogP contribution in [0, 0.1) is 0 Å². The van der Waals surface area contributed by atoms with Crippen molar-refractivity contribution in [3.63, 3.8) is 0 Å². The first-order valence-electron chi connectivity index (χ1n) is 8.05. The topological polar surface area (TPSA) is 90.1 Å². The number of aromatic nitrogens is 3.